The molecule has 0 radical (unpaired) electrons. The number of carboxylic acid groups (broad SMARTS) is 1. The Kier molecular flexibility index (Phi) is 4.48. The van der Waals surface area contributed by atoms with Gasteiger partial charge >= 0.3 is 5.97 Å². The summed E-state index contributed by atoms with van der Waals surface area (Å²) in [6, 6.07) is 0. The van der Waals surface area contributed by atoms with E-state index in [0.29, 0.717) is 12.5 Å². The van der Waals surface area contributed by atoms with Crippen molar-refractivity contribution < 1.29 is 9.90 Å². The molecule has 0 bridgehead atoms. The third-order valence-electron chi connectivity index (χ3n) is 1.80. The molecular weight excluding hydrogens is 214 g/mol. The Balaban J connectivity index is 2.57. The van der Waals surface area contributed by atoms with Crippen molar-refractivity contribution in [2.45, 2.75) is 20.3 Å². The van der Waals surface area contributed by atoms with Gasteiger partial charge in [-0.1, -0.05) is 25.2 Å². The average Bonchev–Trinajstić information content (AvgIpc) is 2.63. The summed E-state index contributed by atoms with van der Waals surface area (Å²) in [5.74, 6) is -0.309. The monoisotopic (exact) mass is 229 g/mol. The SMILES string of the molecule is CC(C)CN(CCC(=O)O)c1nncs1. The van der Waals surface area contributed by atoms with Crippen molar-refractivity contribution in [3.05, 3.63) is 5.51 Å². The Morgan fingerprint density at radius 1 is 1.67 bits per heavy atom. The normalized spacial score (nSPS) is 10.6. The maximum atomic E-state index is 10.5. The van der Waals surface area contributed by atoms with Gasteiger partial charge < -0.3 is 10.0 Å². The maximum Gasteiger partial charge on any atom is 0.305 e. The highest BCUT2D eigenvalue weighted by Gasteiger charge is 2.12. The van der Waals surface area contributed by atoms with Gasteiger partial charge in [-0.05, 0) is 5.92 Å². The smallest absolute Gasteiger partial charge is 0.305 e. The number of hydrogen-bond donors (Lipinski definition) is 1. The number of anilines is 1. The van der Waals surface area contributed by atoms with Crippen LogP contribution in [-0.4, -0.2) is 34.4 Å². The van der Waals surface area contributed by atoms with Gasteiger partial charge in [-0.3, -0.25) is 4.79 Å². The minimum Gasteiger partial charge on any atom is -0.481 e. The van der Waals surface area contributed by atoms with Crippen LogP contribution in [0.5, 0.6) is 0 Å². The molecule has 1 rings (SSSR count). The number of aliphatic carboxylic acids is 1. The molecule has 0 saturated carbocycles. The van der Waals surface area contributed by atoms with Crippen molar-refractivity contribution in [2.75, 3.05) is 18.0 Å². The van der Waals surface area contributed by atoms with Crippen LogP contribution in [0.15, 0.2) is 5.51 Å². The zero-order chi connectivity index (χ0) is 11.3. The number of hydrogen-bond acceptors (Lipinski definition) is 5. The third kappa shape index (κ3) is 4.24. The summed E-state index contributed by atoms with van der Waals surface area (Å²) < 4.78 is 0. The quantitative estimate of drug-likeness (QED) is 0.800. The minimum atomic E-state index is -0.784. The molecule has 1 aromatic rings. The van der Waals surface area contributed by atoms with Crippen LogP contribution in [0.3, 0.4) is 0 Å². The molecule has 1 N–H and O–H groups in total. The van der Waals surface area contributed by atoms with E-state index in [2.05, 4.69) is 24.0 Å². The van der Waals surface area contributed by atoms with Crippen LogP contribution in [0.2, 0.25) is 0 Å². The molecule has 6 heteroatoms. The number of nitrogens with zero attached hydrogens (tertiary/aromatic N) is 3. The molecule has 0 fully saturated rings. The summed E-state index contributed by atoms with van der Waals surface area (Å²) in [5, 5.41) is 17.1. The molecule has 0 saturated heterocycles. The van der Waals surface area contributed by atoms with Crippen molar-refractivity contribution in [3.63, 3.8) is 0 Å². The summed E-state index contributed by atoms with van der Waals surface area (Å²) in [6.45, 7) is 5.48. The molecule has 0 aliphatic rings. The van der Waals surface area contributed by atoms with E-state index in [-0.39, 0.29) is 6.42 Å². The second-order valence-corrected chi connectivity index (χ2v) is 4.52. The molecule has 0 aliphatic carbocycles. The zero-order valence-electron chi connectivity index (χ0n) is 8.88. The predicted octanol–water partition coefficient (Wildman–Crippen LogP) is 1.48. The maximum absolute atomic E-state index is 10.5. The molecule has 0 spiro atoms. The first-order chi connectivity index (χ1) is 7.09. The zero-order valence-corrected chi connectivity index (χ0v) is 9.70. The summed E-state index contributed by atoms with van der Waals surface area (Å²) in [6.07, 6.45) is 0.131. The molecule has 0 atom stereocenters. The molecule has 0 unspecified atom stereocenters. The van der Waals surface area contributed by atoms with E-state index >= 15 is 0 Å². The highest BCUT2D eigenvalue weighted by Crippen LogP contribution is 2.17. The van der Waals surface area contributed by atoms with Crippen molar-refractivity contribution in [2.24, 2.45) is 5.92 Å². The highest BCUT2D eigenvalue weighted by atomic mass is 32.1. The van der Waals surface area contributed by atoms with Gasteiger partial charge in [0.1, 0.15) is 5.51 Å². The molecule has 1 aromatic heterocycles. The average molecular weight is 229 g/mol. The van der Waals surface area contributed by atoms with E-state index in [0.717, 1.165) is 11.7 Å². The van der Waals surface area contributed by atoms with Crippen molar-refractivity contribution in [3.8, 4) is 0 Å². The van der Waals surface area contributed by atoms with E-state index in [4.69, 9.17) is 5.11 Å². The van der Waals surface area contributed by atoms with E-state index in [1.807, 2.05) is 4.90 Å². The van der Waals surface area contributed by atoms with Gasteiger partial charge in [-0.15, -0.1) is 10.2 Å². The van der Waals surface area contributed by atoms with Crippen LogP contribution in [0.4, 0.5) is 5.13 Å². The fourth-order valence-corrected chi connectivity index (χ4v) is 1.84. The second-order valence-electron chi connectivity index (χ2n) is 3.70. The van der Waals surface area contributed by atoms with Crippen molar-refractivity contribution in [1.29, 1.82) is 0 Å². The number of carboxylic acids is 1. The summed E-state index contributed by atoms with van der Waals surface area (Å²) in [4.78, 5) is 12.5. The van der Waals surface area contributed by atoms with Gasteiger partial charge in [0.15, 0.2) is 0 Å². The van der Waals surface area contributed by atoms with Gasteiger partial charge in [0, 0.05) is 13.1 Å². The fourth-order valence-electron chi connectivity index (χ4n) is 1.24. The molecule has 1 heterocycles. The predicted molar refractivity (Wildman–Crippen MR) is 59.2 cm³/mol. The van der Waals surface area contributed by atoms with Crippen LogP contribution in [0.25, 0.3) is 0 Å². The standard InChI is InChI=1S/C9H15N3O2S/c1-7(2)5-12(4-3-8(13)14)9-11-10-6-15-9/h6-7H,3-5H2,1-2H3,(H,13,14). The summed E-state index contributed by atoms with van der Waals surface area (Å²) in [5.41, 5.74) is 1.66. The number of rotatable bonds is 6. The topological polar surface area (TPSA) is 66.3 Å². The Morgan fingerprint density at radius 3 is 2.87 bits per heavy atom. The van der Waals surface area contributed by atoms with Crippen molar-refractivity contribution in [1.82, 2.24) is 10.2 Å². The molecule has 0 aromatic carbocycles. The minimum absolute atomic E-state index is 0.131. The van der Waals surface area contributed by atoms with E-state index in [9.17, 15) is 4.79 Å². The molecule has 5 nitrogen and oxygen atoms in total. The van der Waals surface area contributed by atoms with Crippen LogP contribution in [0.1, 0.15) is 20.3 Å². The lowest BCUT2D eigenvalue weighted by molar-refractivity contribution is -0.136. The first kappa shape index (κ1) is 11.9. The highest BCUT2D eigenvalue weighted by molar-refractivity contribution is 7.13. The Bertz CT molecular complexity index is 300. The largest absolute Gasteiger partial charge is 0.481 e. The van der Waals surface area contributed by atoms with Crippen LogP contribution in [0, 0.1) is 5.92 Å². The van der Waals surface area contributed by atoms with Gasteiger partial charge in [0.2, 0.25) is 5.13 Å². The Morgan fingerprint density at radius 2 is 2.40 bits per heavy atom. The van der Waals surface area contributed by atoms with Crippen LogP contribution < -0.4 is 4.90 Å². The summed E-state index contributed by atoms with van der Waals surface area (Å²) >= 11 is 1.44. The van der Waals surface area contributed by atoms with Gasteiger partial charge in [0.25, 0.3) is 0 Å². The summed E-state index contributed by atoms with van der Waals surface area (Å²) in [7, 11) is 0. The van der Waals surface area contributed by atoms with E-state index < -0.39 is 5.97 Å². The lowest BCUT2D eigenvalue weighted by Crippen LogP contribution is -2.29. The first-order valence-corrected chi connectivity index (χ1v) is 5.70. The molecular formula is C9H15N3O2S. The number of carbonyl (C=O) groups is 1. The van der Waals surface area contributed by atoms with Crippen LogP contribution in [-0.2, 0) is 4.79 Å². The Hall–Kier alpha value is -1.17. The Labute approximate surface area is 92.7 Å². The van der Waals surface area contributed by atoms with Gasteiger partial charge in [-0.2, -0.15) is 0 Å². The molecule has 0 aliphatic heterocycles. The lowest BCUT2D eigenvalue weighted by atomic mass is 10.2. The molecule has 84 valence electrons. The van der Waals surface area contributed by atoms with E-state index in [1.54, 1.807) is 5.51 Å². The molecule has 15 heavy (non-hydrogen) atoms. The lowest BCUT2D eigenvalue weighted by Gasteiger charge is -2.22. The fraction of sp³-hybridized carbons (Fsp3) is 0.667. The first-order valence-electron chi connectivity index (χ1n) is 4.82. The van der Waals surface area contributed by atoms with Crippen LogP contribution >= 0.6 is 11.3 Å². The van der Waals surface area contributed by atoms with E-state index in [1.165, 1.54) is 11.3 Å². The third-order valence-corrected chi connectivity index (χ3v) is 2.55. The second kappa shape index (κ2) is 5.65. The van der Waals surface area contributed by atoms with Gasteiger partial charge in [0.05, 0.1) is 6.42 Å². The van der Waals surface area contributed by atoms with Gasteiger partial charge in [-0.25, -0.2) is 0 Å². The molecule has 0 amide bonds. The van der Waals surface area contributed by atoms with Crippen molar-refractivity contribution >= 4 is 22.4 Å². The number of aromatic nitrogens is 2.